The van der Waals surface area contributed by atoms with Crippen LogP contribution in [0, 0.1) is 56.7 Å². The van der Waals surface area contributed by atoms with E-state index in [2.05, 4.69) is 36.4 Å². The van der Waals surface area contributed by atoms with Crippen LogP contribution in [-0.4, -0.2) is 5.71 Å². The molecule has 1 unspecified atom stereocenters. The number of allylic oxidation sites excluding steroid dienone is 2. The number of nitrogens with one attached hydrogen (secondary N) is 1. The van der Waals surface area contributed by atoms with Crippen molar-refractivity contribution in [3.63, 3.8) is 0 Å². The highest BCUT2D eigenvalue weighted by Gasteiger charge is 2.57. The Bertz CT molecular complexity index is 1070. The molecule has 0 aliphatic heterocycles. The summed E-state index contributed by atoms with van der Waals surface area (Å²) in [6.07, 6.45) is 3.64. The van der Waals surface area contributed by atoms with Gasteiger partial charge in [0.2, 0.25) is 0 Å². The van der Waals surface area contributed by atoms with Crippen molar-refractivity contribution in [2.45, 2.75) is 24.7 Å². The van der Waals surface area contributed by atoms with Crippen LogP contribution in [0.5, 0.6) is 0 Å². The third-order valence-corrected chi connectivity index (χ3v) is 6.43. The zero-order chi connectivity index (χ0) is 20.4. The Kier molecular flexibility index (Phi) is 4.75. The first-order chi connectivity index (χ1) is 14.2. The van der Waals surface area contributed by atoms with Crippen LogP contribution < -0.4 is 0 Å². The van der Waals surface area contributed by atoms with Crippen molar-refractivity contribution in [3.8, 4) is 18.2 Å². The van der Waals surface area contributed by atoms with Crippen LogP contribution in [0.1, 0.15) is 35.8 Å². The predicted octanol–water partition coefficient (Wildman–Crippen LogP) is 5.10. The van der Waals surface area contributed by atoms with Crippen LogP contribution >= 0.6 is 0 Å². The highest BCUT2D eigenvalue weighted by molar-refractivity contribution is 6.00. The lowest BCUT2D eigenvalue weighted by atomic mass is 9.52. The van der Waals surface area contributed by atoms with E-state index < -0.39 is 17.3 Å². The van der Waals surface area contributed by atoms with Gasteiger partial charge >= 0.3 is 0 Å². The molecule has 1 fully saturated rings. The number of hydrogen-bond donors (Lipinski definition) is 1. The largest absolute Gasteiger partial charge is 0.305 e. The summed E-state index contributed by atoms with van der Waals surface area (Å²) in [6, 6.07) is 26.3. The van der Waals surface area contributed by atoms with Gasteiger partial charge in [-0.05, 0) is 41.4 Å². The summed E-state index contributed by atoms with van der Waals surface area (Å²) in [5.74, 6) is -1.14. The molecule has 0 aromatic heterocycles. The van der Waals surface area contributed by atoms with Crippen LogP contribution in [0.2, 0.25) is 0 Å². The van der Waals surface area contributed by atoms with Gasteiger partial charge in [0.15, 0.2) is 5.41 Å². The Morgan fingerprint density at radius 1 is 0.862 bits per heavy atom. The van der Waals surface area contributed by atoms with Crippen molar-refractivity contribution < 1.29 is 0 Å². The smallest absolute Gasteiger partial charge is 0.189 e. The van der Waals surface area contributed by atoms with Gasteiger partial charge in [-0.1, -0.05) is 66.7 Å². The first-order valence-electron chi connectivity index (χ1n) is 9.77. The second-order valence-electron chi connectivity index (χ2n) is 7.79. The Balaban J connectivity index is 1.89. The van der Waals surface area contributed by atoms with Crippen LogP contribution in [0.15, 0.2) is 72.3 Å². The molecule has 0 radical (unpaired) electrons. The van der Waals surface area contributed by atoms with E-state index >= 15 is 0 Å². The Labute approximate surface area is 170 Å². The number of nitrogens with zero attached hydrogens (tertiary/aromatic N) is 3. The summed E-state index contributed by atoms with van der Waals surface area (Å²) >= 11 is 0. The van der Waals surface area contributed by atoms with Crippen LogP contribution in [0.3, 0.4) is 0 Å². The maximum atomic E-state index is 10.1. The maximum Gasteiger partial charge on any atom is 0.189 e. The number of fused-ring (bicyclic) bond motifs is 1. The highest BCUT2D eigenvalue weighted by atomic mass is 14.7. The van der Waals surface area contributed by atoms with Crippen molar-refractivity contribution in [2.75, 3.05) is 0 Å². The van der Waals surface area contributed by atoms with Crippen molar-refractivity contribution in [1.82, 2.24) is 0 Å². The van der Waals surface area contributed by atoms with Gasteiger partial charge in [0, 0.05) is 5.92 Å². The third kappa shape index (κ3) is 2.84. The molecule has 1 saturated carbocycles. The second-order valence-corrected chi connectivity index (χ2v) is 7.79. The summed E-state index contributed by atoms with van der Waals surface area (Å²) in [7, 11) is 0. The van der Waals surface area contributed by atoms with E-state index in [-0.39, 0.29) is 17.5 Å². The highest BCUT2D eigenvalue weighted by Crippen LogP contribution is 2.56. The lowest BCUT2D eigenvalue weighted by Gasteiger charge is -2.47. The van der Waals surface area contributed by atoms with E-state index in [1.165, 1.54) is 5.56 Å². The molecular formula is C25H20N4. The molecule has 2 aliphatic rings. The minimum Gasteiger partial charge on any atom is -0.305 e. The standard InChI is InChI=1S/C25H20N4/c26-14-22-20-12-11-19(17-7-3-1-4-8-17)13-21(20)23(18-9-5-2-6-10-18)25(15-27,16-28)24(22)29/h1-10,12,19,21-23,29H,11,13H2/t19-,21+,22?,23-/m0/s1. The SMILES string of the molecule is N#CC1C(=N)C(C#N)(C#N)[C@@H](c2ccccc2)[C@@H]2C[C@@H](c3ccccc3)CC=C12. The lowest BCUT2D eigenvalue weighted by Crippen LogP contribution is -2.49. The van der Waals surface area contributed by atoms with Gasteiger partial charge in [0.25, 0.3) is 0 Å². The zero-order valence-electron chi connectivity index (χ0n) is 15.9. The van der Waals surface area contributed by atoms with Crippen LogP contribution in [-0.2, 0) is 0 Å². The molecule has 4 heteroatoms. The summed E-state index contributed by atoms with van der Waals surface area (Å²) in [5.41, 5.74) is 1.28. The molecule has 2 aromatic rings. The van der Waals surface area contributed by atoms with E-state index in [1.54, 1.807) is 0 Å². The molecule has 0 amide bonds. The van der Waals surface area contributed by atoms with Crippen molar-refractivity contribution in [3.05, 3.63) is 83.4 Å². The van der Waals surface area contributed by atoms with E-state index in [0.717, 1.165) is 24.0 Å². The van der Waals surface area contributed by atoms with Crippen molar-refractivity contribution in [1.29, 1.82) is 21.2 Å². The quantitative estimate of drug-likeness (QED) is 0.739. The molecule has 4 nitrogen and oxygen atoms in total. The Hall–Kier alpha value is -3.68. The van der Waals surface area contributed by atoms with Gasteiger partial charge < -0.3 is 5.41 Å². The molecule has 4 rings (SSSR count). The predicted molar refractivity (Wildman–Crippen MR) is 110 cm³/mol. The molecule has 1 N–H and O–H groups in total. The van der Waals surface area contributed by atoms with Crippen molar-refractivity contribution >= 4 is 5.71 Å². The minimum atomic E-state index is -1.64. The van der Waals surface area contributed by atoms with Gasteiger partial charge in [0.05, 0.1) is 23.9 Å². The Morgan fingerprint density at radius 3 is 2.00 bits per heavy atom. The van der Waals surface area contributed by atoms with Crippen LogP contribution in [0.25, 0.3) is 0 Å². The second kappa shape index (κ2) is 7.38. The molecule has 0 spiro atoms. The number of benzene rings is 2. The average Bonchev–Trinajstić information content (AvgIpc) is 2.79. The van der Waals surface area contributed by atoms with Gasteiger partial charge in [-0.15, -0.1) is 0 Å². The van der Waals surface area contributed by atoms with Gasteiger partial charge in [-0.2, -0.15) is 15.8 Å². The molecule has 140 valence electrons. The maximum absolute atomic E-state index is 10.1. The summed E-state index contributed by atoms with van der Waals surface area (Å²) < 4.78 is 0. The fourth-order valence-electron chi connectivity index (χ4n) is 5.06. The first-order valence-corrected chi connectivity index (χ1v) is 9.77. The van der Waals surface area contributed by atoms with E-state index in [4.69, 9.17) is 5.41 Å². The molecule has 4 atom stereocenters. The molecule has 2 aliphatic carbocycles. The van der Waals surface area contributed by atoms with E-state index in [0.29, 0.717) is 0 Å². The molecule has 0 bridgehead atoms. The molecular weight excluding hydrogens is 356 g/mol. The molecule has 0 heterocycles. The number of rotatable bonds is 2. The monoisotopic (exact) mass is 376 g/mol. The zero-order valence-corrected chi connectivity index (χ0v) is 15.9. The summed E-state index contributed by atoms with van der Waals surface area (Å²) in [4.78, 5) is 0. The fourth-order valence-corrected chi connectivity index (χ4v) is 5.06. The fraction of sp³-hybridized carbons (Fsp3) is 0.280. The van der Waals surface area contributed by atoms with Crippen LogP contribution in [0.4, 0.5) is 0 Å². The third-order valence-electron chi connectivity index (χ3n) is 6.43. The topological polar surface area (TPSA) is 95.2 Å². The van der Waals surface area contributed by atoms with E-state index in [9.17, 15) is 15.8 Å². The molecule has 2 aromatic carbocycles. The summed E-state index contributed by atoms with van der Waals surface area (Å²) in [6.45, 7) is 0. The van der Waals surface area contributed by atoms with Gasteiger partial charge in [-0.3, -0.25) is 0 Å². The lowest BCUT2D eigenvalue weighted by molar-refractivity contribution is 0.304. The molecule has 0 saturated heterocycles. The minimum absolute atomic E-state index is 0.0838. The number of nitriles is 3. The summed E-state index contributed by atoms with van der Waals surface area (Å²) in [5, 5.41) is 38.6. The first kappa shape index (κ1) is 18.7. The average molecular weight is 376 g/mol. The molecule has 29 heavy (non-hydrogen) atoms. The normalized spacial score (nSPS) is 27.5. The van der Waals surface area contributed by atoms with E-state index in [1.807, 2.05) is 48.5 Å². The van der Waals surface area contributed by atoms with Gasteiger partial charge in [0.1, 0.15) is 5.92 Å². The number of hydrogen-bond acceptors (Lipinski definition) is 4. The Morgan fingerprint density at radius 2 is 1.45 bits per heavy atom. The van der Waals surface area contributed by atoms with Gasteiger partial charge in [-0.25, -0.2) is 0 Å². The van der Waals surface area contributed by atoms with Crippen molar-refractivity contribution in [2.24, 2.45) is 17.3 Å².